The Hall–Kier alpha value is -3.67. The minimum Gasteiger partial charge on any atom is -0.487 e. The van der Waals surface area contributed by atoms with Crippen LogP contribution in [-0.2, 0) is 4.84 Å². The van der Waals surface area contributed by atoms with E-state index >= 15 is 0 Å². The maximum atomic E-state index is 13.1. The summed E-state index contributed by atoms with van der Waals surface area (Å²) < 4.78 is 24.8. The molecule has 0 aliphatic carbocycles. The van der Waals surface area contributed by atoms with Crippen LogP contribution in [0.25, 0.3) is 21.9 Å². The third kappa shape index (κ3) is 3.44. The van der Waals surface area contributed by atoms with Crippen LogP contribution in [0.4, 0.5) is 4.39 Å². The van der Waals surface area contributed by atoms with E-state index in [1.807, 2.05) is 6.07 Å². The number of nitrogens with zero attached hydrogens (tertiary/aromatic N) is 1. The summed E-state index contributed by atoms with van der Waals surface area (Å²) in [6.45, 7) is 0.1000. The molecule has 0 radical (unpaired) electrons. The smallest absolute Gasteiger partial charge is 0.200 e. The number of benzene rings is 3. The van der Waals surface area contributed by atoms with E-state index in [1.54, 1.807) is 48.5 Å². The van der Waals surface area contributed by atoms with Crippen LogP contribution >= 0.6 is 0 Å². The maximum absolute atomic E-state index is 13.1. The summed E-state index contributed by atoms with van der Waals surface area (Å²) in [6, 6.07) is 18.0. The molecular weight excluding hydrogens is 361 g/mol. The van der Waals surface area contributed by atoms with Crippen molar-refractivity contribution in [2.24, 2.45) is 5.16 Å². The lowest BCUT2D eigenvalue weighted by Gasteiger charge is -2.10. The Morgan fingerprint density at radius 1 is 1.00 bits per heavy atom. The number of oxime groups is 1. The van der Waals surface area contributed by atoms with Gasteiger partial charge in [-0.05, 0) is 48.5 Å². The van der Waals surface area contributed by atoms with E-state index in [9.17, 15) is 9.18 Å². The van der Waals surface area contributed by atoms with Crippen molar-refractivity contribution < 1.29 is 18.4 Å². The molecule has 4 aromatic rings. The van der Waals surface area contributed by atoms with Crippen LogP contribution in [0.15, 0.2) is 81.1 Å². The summed E-state index contributed by atoms with van der Waals surface area (Å²) in [5.41, 5.74) is 2.05. The van der Waals surface area contributed by atoms with Gasteiger partial charge in [0.1, 0.15) is 42.2 Å². The summed E-state index contributed by atoms with van der Waals surface area (Å²) in [6.07, 6.45) is 0. The largest absolute Gasteiger partial charge is 0.487 e. The van der Waals surface area contributed by atoms with E-state index < -0.39 is 0 Å². The Morgan fingerprint density at radius 2 is 1.75 bits per heavy atom. The van der Waals surface area contributed by atoms with E-state index in [4.69, 9.17) is 14.0 Å². The molecule has 0 aliphatic heterocycles. The highest BCUT2D eigenvalue weighted by Crippen LogP contribution is 2.23. The number of fused-ring (bicyclic) bond motifs is 2. The Morgan fingerprint density at radius 3 is 2.54 bits per heavy atom. The molecular formula is C22H16FNO4. The van der Waals surface area contributed by atoms with Crippen molar-refractivity contribution in [2.75, 3.05) is 13.7 Å². The average molecular weight is 377 g/mol. The topological polar surface area (TPSA) is 61.0 Å². The SMILES string of the molecule is CO/N=C(\COc1ccc2c(=O)c3ccccc3oc2c1)c1ccc(F)cc1. The van der Waals surface area contributed by atoms with Crippen LogP contribution in [0.3, 0.4) is 0 Å². The molecule has 0 spiro atoms. The first-order valence-electron chi connectivity index (χ1n) is 8.60. The summed E-state index contributed by atoms with van der Waals surface area (Å²) in [5, 5.41) is 4.97. The lowest BCUT2D eigenvalue weighted by atomic mass is 10.1. The van der Waals surface area contributed by atoms with Crippen LogP contribution in [-0.4, -0.2) is 19.4 Å². The van der Waals surface area contributed by atoms with Crippen molar-refractivity contribution in [2.45, 2.75) is 0 Å². The molecule has 0 atom stereocenters. The predicted octanol–water partition coefficient (Wildman–Crippen LogP) is 4.51. The zero-order chi connectivity index (χ0) is 19.5. The van der Waals surface area contributed by atoms with E-state index in [0.717, 1.165) is 0 Å². The van der Waals surface area contributed by atoms with Gasteiger partial charge in [-0.3, -0.25) is 4.79 Å². The molecule has 0 unspecified atom stereocenters. The van der Waals surface area contributed by atoms with Gasteiger partial charge in [-0.1, -0.05) is 17.3 Å². The minimum atomic E-state index is -0.335. The first-order chi connectivity index (χ1) is 13.7. The van der Waals surface area contributed by atoms with Gasteiger partial charge < -0.3 is 14.0 Å². The molecule has 0 fully saturated rings. The zero-order valence-electron chi connectivity index (χ0n) is 15.0. The number of hydrogen-bond acceptors (Lipinski definition) is 5. The van der Waals surface area contributed by atoms with Crippen molar-refractivity contribution in [1.82, 2.24) is 0 Å². The second kappa shape index (κ2) is 7.52. The van der Waals surface area contributed by atoms with Gasteiger partial charge in [-0.2, -0.15) is 0 Å². The highest BCUT2D eigenvalue weighted by atomic mass is 19.1. The molecule has 0 amide bonds. The molecule has 0 saturated carbocycles. The van der Waals surface area contributed by atoms with Gasteiger partial charge in [0.15, 0.2) is 0 Å². The van der Waals surface area contributed by atoms with Crippen molar-refractivity contribution in [3.8, 4) is 5.75 Å². The molecule has 0 bridgehead atoms. The highest BCUT2D eigenvalue weighted by Gasteiger charge is 2.10. The summed E-state index contributed by atoms with van der Waals surface area (Å²) in [4.78, 5) is 17.5. The molecule has 1 aromatic heterocycles. The van der Waals surface area contributed by atoms with Gasteiger partial charge in [0.05, 0.1) is 10.8 Å². The average Bonchev–Trinajstić information content (AvgIpc) is 2.72. The second-order valence-corrected chi connectivity index (χ2v) is 6.10. The van der Waals surface area contributed by atoms with Crippen LogP contribution in [0, 0.1) is 5.82 Å². The molecule has 0 N–H and O–H groups in total. The third-order valence-corrected chi connectivity index (χ3v) is 4.30. The fourth-order valence-electron chi connectivity index (χ4n) is 2.94. The standard InChI is InChI=1S/C22H16FNO4/c1-26-24-19(14-6-8-15(23)9-7-14)13-27-16-10-11-18-21(12-16)28-20-5-3-2-4-17(20)22(18)25/h2-12H,13H2,1H3/b24-19+. The molecule has 140 valence electrons. The first-order valence-corrected chi connectivity index (χ1v) is 8.60. The van der Waals surface area contributed by atoms with Gasteiger partial charge in [0, 0.05) is 11.6 Å². The van der Waals surface area contributed by atoms with Gasteiger partial charge in [-0.25, -0.2) is 4.39 Å². The number of rotatable bonds is 5. The van der Waals surface area contributed by atoms with Gasteiger partial charge in [0.2, 0.25) is 5.43 Å². The molecule has 4 rings (SSSR count). The normalized spacial score (nSPS) is 11.7. The lowest BCUT2D eigenvalue weighted by molar-refractivity contribution is 0.210. The van der Waals surface area contributed by atoms with Crippen LogP contribution in [0.2, 0.25) is 0 Å². The summed E-state index contributed by atoms with van der Waals surface area (Å²) >= 11 is 0. The van der Waals surface area contributed by atoms with E-state index in [0.29, 0.717) is 39.0 Å². The monoisotopic (exact) mass is 377 g/mol. The molecule has 5 nitrogen and oxygen atoms in total. The summed E-state index contributed by atoms with van der Waals surface area (Å²) in [5.74, 6) is 0.176. The van der Waals surface area contributed by atoms with Crippen molar-refractivity contribution in [1.29, 1.82) is 0 Å². The van der Waals surface area contributed by atoms with E-state index in [1.165, 1.54) is 19.2 Å². The fourth-order valence-corrected chi connectivity index (χ4v) is 2.94. The number of halogens is 1. The van der Waals surface area contributed by atoms with Gasteiger partial charge in [-0.15, -0.1) is 0 Å². The lowest BCUT2D eigenvalue weighted by Crippen LogP contribution is -2.13. The van der Waals surface area contributed by atoms with E-state index in [-0.39, 0.29) is 17.9 Å². The van der Waals surface area contributed by atoms with Gasteiger partial charge in [0.25, 0.3) is 0 Å². The summed E-state index contributed by atoms with van der Waals surface area (Å²) in [7, 11) is 1.43. The number of ether oxygens (including phenoxy) is 1. The first kappa shape index (κ1) is 17.7. The Bertz CT molecular complexity index is 1230. The minimum absolute atomic E-state index is 0.0867. The van der Waals surface area contributed by atoms with Crippen LogP contribution in [0.1, 0.15) is 5.56 Å². The second-order valence-electron chi connectivity index (χ2n) is 6.10. The molecule has 0 saturated heterocycles. The third-order valence-electron chi connectivity index (χ3n) is 4.30. The quantitative estimate of drug-likeness (QED) is 0.292. The van der Waals surface area contributed by atoms with Crippen LogP contribution in [0.5, 0.6) is 5.75 Å². The molecule has 28 heavy (non-hydrogen) atoms. The predicted molar refractivity (Wildman–Crippen MR) is 105 cm³/mol. The van der Waals surface area contributed by atoms with Crippen LogP contribution < -0.4 is 10.2 Å². The number of para-hydroxylation sites is 1. The Labute approximate surface area is 159 Å². The molecule has 3 aromatic carbocycles. The molecule has 1 heterocycles. The van der Waals surface area contributed by atoms with Crippen molar-refractivity contribution >= 4 is 27.7 Å². The van der Waals surface area contributed by atoms with Gasteiger partial charge >= 0.3 is 0 Å². The van der Waals surface area contributed by atoms with E-state index in [2.05, 4.69) is 5.16 Å². The Kier molecular flexibility index (Phi) is 4.76. The fraction of sp³-hybridized carbons (Fsp3) is 0.0909. The molecule has 6 heteroatoms. The van der Waals surface area contributed by atoms with Crippen molar-refractivity contribution in [3.05, 3.63) is 88.3 Å². The highest BCUT2D eigenvalue weighted by molar-refractivity contribution is 6.01. The maximum Gasteiger partial charge on any atom is 0.200 e. The molecule has 0 aliphatic rings. The Balaban J connectivity index is 1.64. The van der Waals surface area contributed by atoms with Crippen molar-refractivity contribution in [3.63, 3.8) is 0 Å². The zero-order valence-corrected chi connectivity index (χ0v) is 15.0. The number of hydrogen-bond donors (Lipinski definition) is 0.